The first kappa shape index (κ1) is 21.0. The van der Waals surface area contributed by atoms with Gasteiger partial charge < -0.3 is 29.4 Å². The maximum absolute atomic E-state index is 12.8. The monoisotopic (exact) mass is 431 g/mol. The van der Waals surface area contributed by atoms with Gasteiger partial charge in [-0.15, -0.1) is 0 Å². The van der Waals surface area contributed by atoms with Crippen molar-refractivity contribution in [2.24, 2.45) is 0 Å². The van der Waals surface area contributed by atoms with E-state index in [-0.39, 0.29) is 39.5 Å². The summed E-state index contributed by atoms with van der Waals surface area (Å²) in [6.45, 7) is 0. The highest BCUT2D eigenvalue weighted by Crippen LogP contribution is 2.40. The van der Waals surface area contributed by atoms with Crippen LogP contribution in [0.25, 0.3) is 0 Å². The van der Waals surface area contributed by atoms with Crippen molar-refractivity contribution in [2.75, 3.05) is 26.6 Å². The third-order valence-electron chi connectivity index (χ3n) is 3.99. The van der Waals surface area contributed by atoms with Crippen LogP contribution in [-0.2, 0) is 0 Å². The summed E-state index contributed by atoms with van der Waals surface area (Å²) in [7, 11) is 4.33. The molecule has 0 saturated heterocycles. The van der Waals surface area contributed by atoms with Gasteiger partial charge in [-0.1, -0.05) is 11.6 Å². The maximum atomic E-state index is 12.8. The fourth-order valence-electron chi connectivity index (χ4n) is 2.59. The first-order valence-electron chi connectivity index (χ1n) is 8.56. The van der Waals surface area contributed by atoms with Crippen LogP contribution in [0.5, 0.6) is 34.6 Å². The number of halogens is 1. The molecule has 30 heavy (non-hydrogen) atoms. The lowest BCUT2D eigenvalue weighted by Gasteiger charge is -2.16. The standard InChI is InChI=1S/C20H18ClN3O6/c1-27-14-9-8-13(16(28-2)17(14)29-3)19(26)24-18-15(21)20(23-10-22-18)30-12-6-4-11(25)5-7-12/h4-10,25H,1-3H3,(H,22,23,24,26). The molecule has 1 heterocycles. The number of ether oxygens (including phenoxy) is 4. The summed E-state index contributed by atoms with van der Waals surface area (Å²) < 4.78 is 21.4. The summed E-state index contributed by atoms with van der Waals surface area (Å²) in [5.41, 5.74) is 0.186. The number of phenolic OH excluding ortho intramolecular Hbond substituents is 1. The molecule has 1 amide bonds. The Labute approximate surface area is 177 Å². The summed E-state index contributed by atoms with van der Waals surface area (Å²) in [6, 6.07) is 9.10. The predicted octanol–water partition coefficient (Wildman–Crippen LogP) is 3.91. The minimum Gasteiger partial charge on any atom is -0.508 e. The highest BCUT2D eigenvalue weighted by atomic mass is 35.5. The molecule has 156 valence electrons. The lowest BCUT2D eigenvalue weighted by Crippen LogP contribution is -2.15. The van der Waals surface area contributed by atoms with E-state index in [1.165, 1.54) is 45.9 Å². The topological polar surface area (TPSA) is 112 Å². The van der Waals surface area contributed by atoms with Gasteiger partial charge >= 0.3 is 0 Å². The number of amides is 1. The summed E-state index contributed by atoms with van der Waals surface area (Å²) >= 11 is 6.31. The average Bonchev–Trinajstić information content (AvgIpc) is 2.76. The number of aromatic nitrogens is 2. The second-order valence-corrected chi connectivity index (χ2v) is 6.15. The van der Waals surface area contributed by atoms with Gasteiger partial charge in [-0.25, -0.2) is 4.98 Å². The minimum absolute atomic E-state index is 0.00151. The van der Waals surface area contributed by atoms with E-state index in [0.29, 0.717) is 11.5 Å². The van der Waals surface area contributed by atoms with Gasteiger partial charge in [0.1, 0.15) is 22.8 Å². The van der Waals surface area contributed by atoms with Crippen LogP contribution in [0.3, 0.4) is 0 Å². The minimum atomic E-state index is -0.538. The van der Waals surface area contributed by atoms with Gasteiger partial charge in [-0.05, 0) is 36.4 Å². The number of carbonyl (C=O) groups excluding carboxylic acids is 1. The van der Waals surface area contributed by atoms with Gasteiger partial charge in [0.05, 0.1) is 26.9 Å². The van der Waals surface area contributed by atoms with Crippen molar-refractivity contribution < 1.29 is 28.8 Å². The van der Waals surface area contributed by atoms with Crippen molar-refractivity contribution in [3.05, 3.63) is 53.3 Å². The van der Waals surface area contributed by atoms with Gasteiger partial charge in [0.15, 0.2) is 17.3 Å². The number of hydrogen-bond donors (Lipinski definition) is 2. The Morgan fingerprint density at radius 3 is 2.30 bits per heavy atom. The highest BCUT2D eigenvalue weighted by Gasteiger charge is 2.22. The van der Waals surface area contributed by atoms with Gasteiger partial charge in [0, 0.05) is 0 Å². The molecule has 3 aromatic rings. The molecule has 0 atom stereocenters. The Morgan fingerprint density at radius 2 is 1.67 bits per heavy atom. The second-order valence-electron chi connectivity index (χ2n) is 5.77. The van der Waals surface area contributed by atoms with Crippen LogP contribution in [-0.4, -0.2) is 42.3 Å². The number of benzene rings is 2. The molecule has 3 rings (SSSR count). The van der Waals surface area contributed by atoms with Crippen LogP contribution in [0, 0.1) is 0 Å². The molecule has 0 aliphatic carbocycles. The van der Waals surface area contributed by atoms with E-state index in [0.717, 1.165) is 0 Å². The number of anilines is 1. The highest BCUT2D eigenvalue weighted by molar-refractivity contribution is 6.34. The molecule has 2 aromatic carbocycles. The molecule has 1 aromatic heterocycles. The summed E-state index contributed by atoms with van der Waals surface area (Å²) in [4.78, 5) is 20.8. The zero-order chi connectivity index (χ0) is 21.7. The van der Waals surface area contributed by atoms with Gasteiger partial charge in [-0.2, -0.15) is 4.98 Å². The Kier molecular flexibility index (Phi) is 6.43. The van der Waals surface area contributed by atoms with Crippen LogP contribution in [0.15, 0.2) is 42.7 Å². The van der Waals surface area contributed by atoms with Crippen molar-refractivity contribution in [2.45, 2.75) is 0 Å². The largest absolute Gasteiger partial charge is 0.508 e. The van der Waals surface area contributed by atoms with Crippen molar-refractivity contribution in [1.82, 2.24) is 9.97 Å². The Balaban J connectivity index is 1.88. The molecule has 0 fully saturated rings. The number of carbonyl (C=O) groups is 1. The zero-order valence-electron chi connectivity index (χ0n) is 16.3. The molecule has 0 aliphatic heterocycles. The SMILES string of the molecule is COc1ccc(C(=O)Nc2ncnc(Oc3ccc(O)cc3)c2Cl)c(OC)c1OC. The van der Waals surface area contributed by atoms with Crippen molar-refractivity contribution in [1.29, 1.82) is 0 Å². The molecular weight excluding hydrogens is 414 g/mol. The first-order chi connectivity index (χ1) is 14.5. The number of nitrogens with one attached hydrogen (secondary N) is 1. The Bertz CT molecular complexity index is 1060. The number of rotatable bonds is 7. The molecule has 0 radical (unpaired) electrons. The zero-order valence-corrected chi connectivity index (χ0v) is 17.1. The maximum Gasteiger partial charge on any atom is 0.260 e. The molecule has 0 unspecified atom stereocenters. The van der Waals surface area contributed by atoms with Crippen molar-refractivity contribution in [3.63, 3.8) is 0 Å². The number of hydrogen-bond acceptors (Lipinski definition) is 8. The second kappa shape index (κ2) is 9.19. The molecule has 10 heteroatoms. The number of aromatic hydroxyl groups is 1. The average molecular weight is 432 g/mol. The molecule has 9 nitrogen and oxygen atoms in total. The number of phenols is 1. The molecular formula is C20H18ClN3O6. The molecule has 0 aliphatic rings. The van der Waals surface area contributed by atoms with Crippen molar-refractivity contribution in [3.8, 4) is 34.6 Å². The molecule has 0 spiro atoms. The first-order valence-corrected chi connectivity index (χ1v) is 8.94. The number of methoxy groups -OCH3 is 3. The quantitative estimate of drug-likeness (QED) is 0.579. The van der Waals surface area contributed by atoms with E-state index >= 15 is 0 Å². The van der Waals surface area contributed by atoms with Gasteiger partial charge in [0.2, 0.25) is 11.6 Å². The normalized spacial score (nSPS) is 10.3. The fraction of sp³-hybridized carbons (Fsp3) is 0.150. The third-order valence-corrected chi connectivity index (χ3v) is 4.33. The van der Waals surface area contributed by atoms with Gasteiger partial charge in [-0.3, -0.25) is 4.79 Å². The summed E-state index contributed by atoms with van der Waals surface area (Å²) in [5.74, 6) is 0.909. The lowest BCUT2D eigenvalue weighted by atomic mass is 10.1. The van der Waals surface area contributed by atoms with E-state index in [1.807, 2.05) is 0 Å². The van der Waals surface area contributed by atoms with Gasteiger partial charge in [0.25, 0.3) is 5.91 Å². The number of nitrogens with zero attached hydrogens (tertiary/aromatic N) is 2. The smallest absolute Gasteiger partial charge is 0.260 e. The van der Waals surface area contributed by atoms with Crippen LogP contribution in [0.1, 0.15) is 10.4 Å². The molecule has 2 N–H and O–H groups in total. The summed E-state index contributed by atoms with van der Waals surface area (Å²) in [5, 5.41) is 12.0. The van der Waals surface area contributed by atoms with E-state index in [2.05, 4.69) is 15.3 Å². The van der Waals surface area contributed by atoms with E-state index in [9.17, 15) is 9.90 Å². The van der Waals surface area contributed by atoms with Crippen molar-refractivity contribution >= 4 is 23.3 Å². The molecule has 0 saturated carbocycles. The van der Waals surface area contributed by atoms with Crippen LogP contribution in [0.4, 0.5) is 5.82 Å². The fourth-order valence-corrected chi connectivity index (χ4v) is 2.78. The van der Waals surface area contributed by atoms with Crippen LogP contribution >= 0.6 is 11.6 Å². The van der Waals surface area contributed by atoms with E-state index in [4.69, 9.17) is 30.5 Å². The Hall–Kier alpha value is -3.72. The summed E-state index contributed by atoms with van der Waals surface area (Å²) in [6.07, 6.45) is 1.20. The lowest BCUT2D eigenvalue weighted by molar-refractivity contribution is 0.102. The Morgan fingerprint density at radius 1 is 0.967 bits per heavy atom. The third kappa shape index (κ3) is 4.31. The van der Waals surface area contributed by atoms with Crippen LogP contribution < -0.4 is 24.3 Å². The predicted molar refractivity (Wildman–Crippen MR) is 109 cm³/mol. The van der Waals surface area contributed by atoms with E-state index in [1.54, 1.807) is 18.2 Å². The van der Waals surface area contributed by atoms with Crippen LogP contribution in [0.2, 0.25) is 5.02 Å². The van der Waals surface area contributed by atoms with E-state index < -0.39 is 5.91 Å². The molecule has 0 bridgehead atoms.